The number of hydrogen-bond acceptors (Lipinski definition) is 3. The van der Waals surface area contributed by atoms with Gasteiger partial charge < -0.3 is 14.5 Å². The highest BCUT2D eigenvalue weighted by Gasteiger charge is 2.21. The van der Waals surface area contributed by atoms with Crippen LogP contribution in [0, 0.1) is 0 Å². The quantitative estimate of drug-likeness (QED) is 0.673. The molecular formula is C21H22Cl2N2O2. The lowest BCUT2D eigenvalue weighted by Gasteiger charge is -2.36. The summed E-state index contributed by atoms with van der Waals surface area (Å²) in [6, 6.07) is 13.3. The van der Waals surface area contributed by atoms with Crippen LogP contribution in [0.5, 0.6) is 5.75 Å². The van der Waals surface area contributed by atoms with Crippen molar-refractivity contribution in [1.29, 1.82) is 0 Å². The second-order valence-corrected chi connectivity index (χ2v) is 7.03. The molecule has 2 aromatic carbocycles. The van der Waals surface area contributed by atoms with Gasteiger partial charge in [0.05, 0.1) is 22.3 Å². The fourth-order valence-corrected chi connectivity index (χ4v) is 3.36. The molecule has 0 saturated carbocycles. The minimum absolute atomic E-state index is 0.00110. The number of rotatable bonds is 5. The Kier molecular flexibility index (Phi) is 6.64. The molecule has 6 heteroatoms. The molecular weight excluding hydrogens is 383 g/mol. The molecule has 0 aromatic heterocycles. The van der Waals surface area contributed by atoms with Crippen LogP contribution in [0.2, 0.25) is 10.0 Å². The summed E-state index contributed by atoms with van der Waals surface area (Å²) in [5, 5.41) is 0.983. The van der Waals surface area contributed by atoms with E-state index in [0.717, 1.165) is 30.1 Å². The fourth-order valence-electron chi connectivity index (χ4n) is 3.05. The third kappa shape index (κ3) is 4.96. The lowest BCUT2D eigenvalue weighted by Crippen LogP contribution is -2.48. The molecule has 1 fully saturated rings. The summed E-state index contributed by atoms with van der Waals surface area (Å²) >= 11 is 11.9. The molecule has 27 heavy (non-hydrogen) atoms. The lowest BCUT2D eigenvalue weighted by molar-refractivity contribution is -0.126. The highest BCUT2D eigenvalue weighted by Crippen LogP contribution is 2.29. The Morgan fingerprint density at radius 1 is 1.07 bits per heavy atom. The number of para-hydroxylation sites is 2. The molecule has 0 aliphatic carbocycles. The van der Waals surface area contributed by atoms with Crippen LogP contribution in [0.1, 0.15) is 12.5 Å². The summed E-state index contributed by atoms with van der Waals surface area (Å²) in [5.74, 6) is 0.887. The Bertz CT molecular complexity index is 831. The highest BCUT2D eigenvalue weighted by atomic mass is 35.5. The smallest absolute Gasteiger partial charge is 0.246 e. The van der Waals surface area contributed by atoms with E-state index in [1.165, 1.54) is 0 Å². The molecule has 0 radical (unpaired) electrons. The SMILES string of the molecule is CCOc1ccccc1N1CCN(C(=O)C=Cc2ccc(Cl)c(Cl)c2)CC1. The number of benzene rings is 2. The van der Waals surface area contributed by atoms with E-state index in [0.29, 0.717) is 29.7 Å². The number of hydrogen-bond donors (Lipinski definition) is 0. The van der Waals surface area contributed by atoms with Crippen molar-refractivity contribution < 1.29 is 9.53 Å². The van der Waals surface area contributed by atoms with Gasteiger partial charge in [0.25, 0.3) is 0 Å². The summed E-state index contributed by atoms with van der Waals surface area (Å²) in [6.07, 6.45) is 3.35. The van der Waals surface area contributed by atoms with Gasteiger partial charge >= 0.3 is 0 Å². The topological polar surface area (TPSA) is 32.8 Å². The van der Waals surface area contributed by atoms with Crippen molar-refractivity contribution in [1.82, 2.24) is 4.90 Å². The largest absolute Gasteiger partial charge is 0.492 e. The van der Waals surface area contributed by atoms with Gasteiger partial charge in [0.2, 0.25) is 5.91 Å². The van der Waals surface area contributed by atoms with Crippen molar-refractivity contribution in [2.45, 2.75) is 6.92 Å². The molecule has 2 aromatic rings. The first-order valence-corrected chi connectivity index (χ1v) is 9.73. The molecule has 0 bridgehead atoms. The van der Waals surface area contributed by atoms with Crippen molar-refractivity contribution in [3.05, 3.63) is 64.1 Å². The molecule has 0 spiro atoms. The number of ether oxygens (including phenoxy) is 1. The first kappa shape index (κ1) is 19.6. The number of piperazine rings is 1. The van der Waals surface area contributed by atoms with Crippen molar-refractivity contribution >= 4 is 40.9 Å². The van der Waals surface area contributed by atoms with Gasteiger partial charge in [0, 0.05) is 32.3 Å². The Balaban J connectivity index is 1.59. The van der Waals surface area contributed by atoms with Crippen molar-refractivity contribution in [3.63, 3.8) is 0 Å². The molecule has 3 rings (SSSR count). The Hall–Kier alpha value is -2.17. The second kappa shape index (κ2) is 9.16. The Labute approximate surface area is 169 Å². The molecule has 1 heterocycles. The number of nitrogens with zero attached hydrogens (tertiary/aromatic N) is 2. The highest BCUT2D eigenvalue weighted by molar-refractivity contribution is 6.42. The van der Waals surface area contributed by atoms with Gasteiger partial charge in [-0.15, -0.1) is 0 Å². The second-order valence-electron chi connectivity index (χ2n) is 6.22. The summed E-state index contributed by atoms with van der Waals surface area (Å²) in [4.78, 5) is 16.6. The predicted molar refractivity (Wildman–Crippen MR) is 112 cm³/mol. The molecule has 1 amide bonds. The summed E-state index contributed by atoms with van der Waals surface area (Å²) in [7, 11) is 0. The van der Waals surface area contributed by atoms with Crippen LogP contribution in [0.25, 0.3) is 6.08 Å². The van der Waals surface area contributed by atoms with Crippen LogP contribution in [-0.4, -0.2) is 43.6 Å². The maximum atomic E-state index is 12.5. The predicted octanol–water partition coefficient (Wildman–Crippen LogP) is 4.75. The fraction of sp³-hybridized carbons (Fsp3) is 0.286. The molecule has 1 saturated heterocycles. The normalized spacial score (nSPS) is 14.6. The van der Waals surface area contributed by atoms with E-state index < -0.39 is 0 Å². The number of anilines is 1. The zero-order chi connectivity index (χ0) is 19.2. The Morgan fingerprint density at radius 2 is 1.81 bits per heavy atom. The van der Waals surface area contributed by atoms with E-state index in [2.05, 4.69) is 11.0 Å². The maximum Gasteiger partial charge on any atom is 0.246 e. The van der Waals surface area contributed by atoms with Crippen LogP contribution in [0.15, 0.2) is 48.5 Å². The van der Waals surface area contributed by atoms with E-state index >= 15 is 0 Å². The average molecular weight is 405 g/mol. The van der Waals surface area contributed by atoms with Gasteiger partial charge in [-0.3, -0.25) is 4.79 Å². The van der Waals surface area contributed by atoms with Crippen LogP contribution in [-0.2, 0) is 4.79 Å². The van der Waals surface area contributed by atoms with Gasteiger partial charge in [0.1, 0.15) is 5.75 Å². The van der Waals surface area contributed by atoms with E-state index in [1.807, 2.05) is 36.1 Å². The van der Waals surface area contributed by atoms with Crippen molar-refractivity contribution in [3.8, 4) is 5.75 Å². The van der Waals surface area contributed by atoms with E-state index in [9.17, 15) is 4.79 Å². The van der Waals surface area contributed by atoms with Crippen molar-refractivity contribution in [2.75, 3.05) is 37.7 Å². The zero-order valence-electron chi connectivity index (χ0n) is 15.2. The third-order valence-electron chi connectivity index (χ3n) is 4.46. The molecule has 142 valence electrons. The van der Waals surface area contributed by atoms with E-state index in [1.54, 1.807) is 24.3 Å². The molecule has 0 unspecified atom stereocenters. The summed E-state index contributed by atoms with van der Waals surface area (Å²) < 4.78 is 5.72. The first-order valence-electron chi connectivity index (χ1n) is 8.97. The van der Waals surface area contributed by atoms with E-state index in [4.69, 9.17) is 27.9 Å². The van der Waals surface area contributed by atoms with Gasteiger partial charge in [-0.25, -0.2) is 0 Å². The molecule has 0 N–H and O–H groups in total. The van der Waals surface area contributed by atoms with Crippen LogP contribution in [0.4, 0.5) is 5.69 Å². The number of halogens is 2. The van der Waals surface area contributed by atoms with Gasteiger partial charge in [0.15, 0.2) is 0 Å². The van der Waals surface area contributed by atoms with E-state index in [-0.39, 0.29) is 5.91 Å². The lowest BCUT2D eigenvalue weighted by atomic mass is 10.2. The Morgan fingerprint density at radius 3 is 2.52 bits per heavy atom. The summed E-state index contributed by atoms with van der Waals surface area (Å²) in [6.45, 7) is 5.51. The maximum absolute atomic E-state index is 12.5. The van der Waals surface area contributed by atoms with Crippen molar-refractivity contribution in [2.24, 2.45) is 0 Å². The molecule has 1 aliphatic rings. The van der Waals surface area contributed by atoms with Gasteiger partial charge in [-0.1, -0.05) is 41.4 Å². The molecule has 1 aliphatic heterocycles. The minimum Gasteiger partial charge on any atom is -0.492 e. The molecule has 0 atom stereocenters. The summed E-state index contributed by atoms with van der Waals surface area (Å²) in [5.41, 5.74) is 1.93. The number of carbonyl (C=O) groups excluding carboxylic acids is 1. The van der Waals surface area contributed by atoms with Gasteiger partial charge in [-0.2, -0.15) is 0 Å². The van der Waals surface area contributed by atoms with Crippen LogP contribution >= 0.6 is 23.2 Å². The minimum atomic E-state index is -0.00110. The molecule has 4 nitrogen and oxygen atoms in total. The zero-order valence-corrected chi connectivity index (χ0v) is 16.7. The standard InChI is InChI=1S/C21H22Cl2N2O2/c1-2-27-20-6-4-3-5-19(20)24-11-13-25(14-12-24)21(26)10-8-16-7-9-17(22)18(23)15-16/h3-10,15H,2,11-14H2,1H3. The average Bonchev–Trinajstić information content (AvgIpc) is 2.69. The monoisotopic (exact) mass is 404 g/mol. The van der Waals surface area contributed by atoms with Gasteiger partial charge in [-0.05, 0) is 42.8 Å². The first-order chi connectivity index (χ1) is 13.1. The number of amides is 1. The van der Waals surface area contributed by atoms with Crippen LogP contribution < -0.4 is 9.64 Å². The third-order valence-corrected chi connectivity index (χ3v) is 5.20. The van der Waals surface area contributed by atoms with Crippen LogP contribution in [0.3, 0.4) is 0 Å². The number of carbonyl (C=O) groups is 1.